The smallest absolute Gasteiger partial charge is 0.235 e. The zero-order chi connectivity index (χ0) is 19.9. The number of benzene rings is 2. The third-order valence-corrected chi connectivity index (χ3v) is 4.95. The van der Waals surface area contributed by atoms with Gasteiger partial charge in [-0.1, -0.05) is 28.9 Å². The van der Waals surface area contributed by atoms with Crippen LogP contribution in [-0.2, 0) is 16.0 Å². The van der Waals surface area contributed by atoms with Gasteiger partial charge in [-0.25, -0.2) is 0 Å². The summed E-state index contributed by atoms with van der Waals surface area (Å²) in [5.41, 5.74) is 1.59. The van der Waals surface area contributed by atoms with Crippen molar-refractivity contribution in [3.63, 3.8) is 0 Å². The van der Waals surface area contributed by atoms with E-state index in [0.717, 1.165) is 10.5 Å². The molecule has 0 radical (unpaired) electrons. The van der Waals surface area contributed by atoms with Crippen molar-refractivity contribution in [2.75, 3.05) is 16.4 Å². The molecule has 1 heterocycles. The van der Waals surface area contributed by atoms with Crippen LogP contribution in [-0.4, -0.2) is 22.7 Å². The number of anilines is 2. The lowest BCUT2D eigenvalue weighted by molar-refractivity contribution is -0.115. The Morgan fingerprint density at radius 3 is 2.39 bits per heavy atom. The number of halogens is 1. The molecule has 0 saturated heterocycles. The average Bonchev–Trinajstić information content (AvgIpc) is 3.07. The van der Waals surface area contributed by atoms with Crippen LogP contribution in [0.2, 0.25) is 5.02 Å². The third kappa shape index (κ3) is 6.14. The molecule has 3 rings (SSSR count). The van der Waals surface area contributed by atoms with E-state index in [0.29, 0.717) is 22.3 Å². The number of thioether (sulfide) groups is 1. The molecule has 2 N–H and O–H groups in total. The largest absolute Gasteiger partial charge is 0.360 e. The molecule has 0 aliphatic rings. The normalized spacial score (nSPS) is 10.5. The second kappa shape index (κ2) is 9.43. The number of nitrogens with one attached hydrogen (secondary N) is 2. The minimum atomic E-state index is -0.168. The minimum Gasteiger partial charge on any atom is -0.360 e. The van der Waals surface area contributed by atoms with E-state index in [2.05, 4.69) is 15.8 Å². The molecule has 0 bridgehead atoms. The molecule has 1 aromatic heterocycles. The summed E-state index contributed by atoms with van der Waals surface area (Å²) in [4.78, 5) is 25.0. The Bertz CT molecular complexity index is 956. The lowest BCUT2D eigenvalue weighted by Gasteiger charge is -2.07. The van der Waals surface area contributed by atoms with Gasteiger partial charge in [0.15, 0.2) is 5.82 Å². The number of amides is 2. The predicted octanol–water partition coefficient (Wildman–Crippen LogP) is 4.55. The number of carbonyl (C=O) groups excluding carboxylic acids is 2. The number of nitrogens with zero attached hydrogens (tertiary/aromatic N) is 1. The number of hydrogen-bond donors (Lipinski definition) is 2. The zero-order valence-electron chi connectivity index (χ0n) is 15.1. The Morgan fingerprint density at radius 1 is 1.04 bits per heavy atom. The lowest BCUT2D eigenvalue weighted by Crippen LogP contribution is -2.14. The van der Waals surface area contributed by atoms with Crippen LogP contribution in [0.25, 0.3) is 0 Å². The van der Waals surface area contributed by atoms with E-state index in [9.17, 15) is 9.59 Å². The van der Waals surface area contributed by atoms with E-state index < -0.39 is 0 Å². The average molecular weight is 416 g/mol. The molecule has 28 heavy (non-hydrogen) atoms. The van der Waals surface area contributed by atoms with E-state index in [1.807, 2.05) is 24.3 Å². The Morgan fingerprint density at radius 2 is 1.75 bits per heavy atom. The molecule has 144 valence electrons. The highest BCUT2D eigenvalue weighted by Crippen LogP contribution is 2.21. The number of rotatable bonds is 7. The first-order valence-electron chi connectivity index (χ1n) is 8.48. The van der Waals surface area contributed by atoms with E-state index in [-0.39, 0.29) is 24.0 Å². The second-order valence-electron chi connectivity index (χ2n) is 6.04. The Labute approximate surface area is 171 Å². The van der Waals surface area contributed by atoms with Crippen LogP contribution < -0.4 is 10.6 Å². The number of aryl methyl sites for hydroxylation is 1. The van der Waals surface area contributed by atoms with Gasteiger partial charge in [0.1, 0.15) is 5.76 Å². The van der Waals surface area contributed by atoms with Crippen LogP contribution in [0.15, 0.2) is 64.0 Å². The monoisotopic (exact) mass is 415 g/mol. The molecular formula is C20H18ClN3O3S. The van der Waals surface area contributed by atoms with Crippen LogP contribution in [0.1, 0.15) is 11.3 Å². The van der Waals surface area contributed by atoms with Crippen molar-refractivity contribution in [3.8, 4) is 0 Å². The maximum absolute atomic E-state index is 12.1. The van der Waals surface area contributed by atoms with Gasteiger partial charge in [0.2, 0.25) is 11.8 Å². The first-order chi connectivity index (χ1) is 13.5. The molecule has 2 aromatic carbocycles. The Hall–Kier alpha value is -2.77. The number of hydrogen-bond acceptors (Lipinski definition) is 5. The van der Waals surface area contributed by atoms with E-state index >= 15 is 0 Å². The summed E-state index contributed by atoms with van der Waals surface area (Å²) in [5.74, 6) is 1.01. The highest BCUT2D eigenvalue weighted by atomic mass is 35.5. The fourth-order valence-corrected chi connectivity index (χ4v) is 3.20. The summed E-state index contributed by atoms with van der Waals surface area (Å²) in [6.45, 7) is 1.76. The van der Waals surface area contributed by atoms with Crippen LogP contribution >= 0.6 is 23.4 Å². The van der Waals surface area contributed by atoms with Crippen molar-refractivity contribution in [1.29, 1.82) is 0 Å². The van der Waals surface area contributed by atoms with Gasteiger partial charge < -0.3 is 15.2 Å². The lowest BCUT2D eigenvalue weighted by atomic mass is 10.1. The Balaban J connectivity index is 1.45. The molecule has 0 aliphatic carbocycles. The fraction of sp³-hybridized carbons (Fsp3) is 0.150. The van der Waals surface area contributed by atoms with E-state index in [1.165, 1.54) is 11.8 Å². The van der Waals surface area contributed by atoms with Gasteiger partial charge in [0.25, 0.3) is 0 Å². The molecule has 0 atom stereocenters. The van der Waals surface area contributed by atoms with Crippen LogP contribution in [0.4, 0.5) is 11.5 Å². The summed E-state index contributed by atoms with van der Waals surface area (Å²) < 4.78 is 4.90. The molecule has 0 saturated carbocycles. The molecule has 2 amide bonds. The minimum absolute atomic E-state index is 0.106. The molecule has 8 heteroatoms. The maximum Gasteiger partial charge on any atom is 0.235 e. The van der Waals surface area contributed by atoms with Gasteiger partial charge in [-0.05, 0) is 48.9 Å². The van der Waals surface area contributed by atoms with Crippen LogP contribution in [0.3, 0.4) is 0 Å². The quantitative estimate of drug-likeness (QED) is 0.553. The van der Waals surface area contributed by atoms with Gasteiger partial charge in [-0.3, -0.25) is 9.59 Å². The van der Waals surface area contributed by atoms with Crippen molar-refractivity contribution in [1.82, 2.24) is 5.16 Å². The maximum atomic E-state index is 12.1. The van der Waals surface area contributed by atoms with Gasteiger partial charge >= 0.3 is 0 Å². The first-order valence-corrected chi connectivity index (χ1v) is 9.84. The highest BCUT2D eigenvalue weighted by molar-refractivity contribution is 8.00. The molecule has 6 nitrogen and oxygen atoms in total. The molecule has 0 unspecified atom stereocenters. The molecule has 0 fully saturated rings. The molecule has 0 aliphatic heterocycles. The van der Waals surface area contributed by atoms with Crippen LogP contribution in [0, 0.1) is 6.92 Å². The van der Waals surface area contributed by atoms with Crippen molar-refractivity contribution >= 4 is 46.7 Å². The van der Waals surface area contributed by atoms with Crippen molar-refractivity contribution in [2.24, 2.45) is 0 Å². The van der Waals surface area contributed by atoms with Gasteiger partial charge in [0.05, 0.1) is 12.2 Å². The zero-order valence-corrected chi connectivity index (χ0v) is 16.6. The predicted molar refractivity (Wildman–Crippen MR) is 111 cm³/mol. The topological polar surface area (TPSA) is 84.2 Å². The summed E-state index contributed by atoms with van der Waals surface area (Å²) >= 11 is 7.24. The van der Waals surface area contributed by atoms with Crippen molar-refractivity contribution < 1.29 is 14.1 Å². The number of aromatic nitrogens is 1. The van der Waals surface area contributed by atoms with Gasteiger partial charge in [-0.15, -0.1) is 11.8 Å². The highest BCUT2D eigenvalue weighted by Gasteiger charge is 2.08. The summed E-state index contributed by atoms with van der Waals surface area (Å²) in [5, 5.41) is 9.88. The third-order valence-electron chi connectivity index (χ3n) is 3.68. The van der Waals surface area contributed by atoms with E-state index in [1.54, 1.807) is 37.3 Å². The van der Waals surface area contributed by atoms with Crippen molar-refractivity contribution in [2.45, 2.75) is 18.2 Å². The molecule has 0 spiro atoms. The standard InChI is InChI=1S/C20H18ClN3O3S/c1-13-10-18(24-27-13)23-20(26)12-28-17-8-6-16(7-9-17)22-19(25)11-14-2-4-15(21)5-3-14/h2-10H,11-12H2,1H3,(H,22,25)(H,23,24,26). The SMILES string of the molecule is Cc1cc(NC(=O)CSc2ccc(NC(=O)Cc3ccc(Cl)cc3)cc2)no1. The van der Waals surface area contributed by atoms with Crippen molar-refractivity contribution in [3.05, 3.63) is 70.9 Å². The Kier molecular flexibility index (Phi) is 6.73. The summed E-state index contributed by atoms with van der Waals surface area (Å²) in [6.07, 6.45) is 0.273. The number of carbonyl (C=O) groups is 2. The molecule has 3 aromatic rings. The van der Waals surface area contributed by atoms with E-state index in [4.69, 9.17) is 16.1 Å². The fourth-order valence-electron chi connectivity index (χ4n) is 2.38. The van der Waals surface area contributed by atoms with Crippen LogP contribution in [0.5, 0.6) is 0 Å². The summed E-state index contributed by atoms with van der Waals surface area (Å²) in [7, 11) is 0. The first kappa shape index (κ1) is 20.0. The van der Waals surface area contributed by atoms with Gasteiger partial charge in [-0.2, -0.15) is 0 Å². The molecular weight excluding hydrogens is 398 g/mol. The van der Waals surface area contributed by atoms with Gasteiger partial charge in [0, 0.05) is 21.7 Å². The second-order valence-corrected chi connectivity index (χ2v) is 7.52. The summed E-state index contributed by atoms with van der Waals surface area (Å²) in [6, 6.07) is 16.2.